The molecule has 0 unspecified atom stereocenters. The zero-order valence-corrected chi connectivity index (χ0v) is 24.4. The number of alkyl halides is 3. The van der Waals surface area contributed by atoms with Crippen LogP contribution in [0.25, 0.3) is 0 Å². The molecule has 0 saturated carbocycles. The average molecular weight is 632 g/mol. The molecule has 2 fully saturated rings. The van der Waals surface area contributed by atoms with Crippen molar-refractivity contribution < 1.29 is 42.1 Å². The predicted molar refractivity (Wildman–Crippen MR) is 154 cm³/mol. The second-order valence-electron chi connectivity index (χ2n) is 10.6. The van der Waals surface area contributed by atoms with E-state index < -0.39 is 30.3 Å². The smallest absolute Gasteiger partial charge is 0.471 e. The standard InChI is InChI=1S/C31H32F3N3O6S/c32-31(33,34)30(40)36-14-3-4-25(36)28(39)35-17-20-6-12-23(13-7-20)29-42-24(19-44-27-5-1-2-15-37(27)41)16-26(43-29)22-10-8-21(18-38)9-11-22/h1-2,5-13,15,24-26,29,38H,3-4,14,16-19H2,(H,35,39)/t24-,25-,26+,29+/m0/s1. The van der Waals surface area contributed by atoms with Gasteiger partial charge in [-0.2, -0.15) is 17.9 Å². The number of aliphatic hydroxyl groups excluding tert-OH is 1. The van der Waals surface area contributed by atoms with Crippen LogP contribution in [0.2, 0.25) is 0 Å². The number of benzene rings is 2. The number of pyridine rings is 1. The van der Waals surface area contributed by atoms with Gasteiger partial charge in [0, 0.05) is 43.0 Å². The van der Waals surface area contributed by atoms with Gasteiger partial charge in [0.25, 0.3) is 5.03 Å². The van der Waals surface area contributed by atoms with Crippen molar-refractivity contribution in [3.05, 3.63) is 100 Å². The van der Waals surface area contributed by atoms with Crippen LogP contribution in [0.3, 0.4) is 0 Å². The van der Waals surface area contributed by atoms with Gasteiger partial charge in [0.1, 0.15) is 6.04 Å². The summed E-state index contributed by atoms with van der Waals surface area (Å²) in [6, 6.07) is 18.7. The number of amides is 2. The highest BCUT2D eigenvalue weighted by Gasteiger charge is 2.47. The summed E-state index contributed by atoms with van der Waals surface area (Å²) in [5, 5.41) is 24.8. The number of carbonyl (C=O) groups is 2. The maximum absolute atomic E-state index is 12.9. The number of likely N-dealkylation sites (tertiary alicyclic amines) is 1. The van der Waals surface area contributed by atoms with E-state index in [1.807, 2.05) is 24.3 Å². The number of aliphatic hydroxyl groups is 1. The van der Waals surface area contributed by atoms with Gasteiger partial charge >= 0.3 is 12.1 Å². The number of thioether (sulfide) groups is 1. The number of nitrogens with zero attached hydrogens (tertiary/aromatic N) is 2. The number of hydrogen-bond acceptors (Lipinski definition) is 7. The van der Waals surface area contributed by atoms with Crippen molar-refractivity contribution in [3.8, 4) is 0 Å². The van der Waals surface area contributed by atoms with E-state index in [4.69, 9.17) is 9.47 Å². The van der Waals surface area contributed by atoms with E-state index in [1.165, 1.54) is 18.0 Å². The summed E-state index contributed by atoms with van der Waals surface area (Å²) in [7, 11) is 0. The largest absolute Gasteiger partial charge is 0.618 e. The number of ether oxygens (including phenoxy) is 2. The molecular formula is C31H32F3N3O6S. The van der Waals surface area contributed by atoms with E-state index >= 15 is 0 Å². The van der Waals surface area contributed by atoms with Gasteiger partial charge in [-0.05, 0) is 35.6 Å². The van der Waals surface area contributed by atoms with Crippen LogP contribution < -0.4 is 10.0 Å². The van der Waals surface area contributed by atoms with Gasteiger partial charge in [-0.25, -0.2) is 0 Å². The van der Waals surface area contributed by atoms with Gasteiger partial charge in [-0.1, -0.05) is 60.3 Å². The second kappa shape index (κ2) is 14.0. The molecule has 2 aliphatic rings. The summed E-state index contributed by atoms with van der Waals surface area (Å²) in [6.45, 7) is -0.108. The molecule has 5 rings (SSSR count). The van der Waals surface area contributed by atoms with E-state index in [0.29, 0.717) is 34.1 Å². The fraction of sp³-hybridized carbons (Fsp3) is 0.387. The zero-order chi connectivity index (χ0) is 31.3. The lowest BCUT2D eigenvalue weighted by molar-refractivity contribution is -0.645. The summed E-state index contributed by atoms with van der Waals surface area (Å²) in [5.41, 5.74) is 3.14. The van der Waals surface area contributed by atoms with Crippen LogP contribution in [0.4, 0.5) is 13.2 Å². The number of carbonyl (C=O) groups excluding carboxylic acids is 2. The molecule has 3 aromatic rings. The summed E-state index contributed by atoms with van der Waals surface area (Å²) in [5.74, 6) is -2.12. The number of hydrogen-bond donors (Lipinski definition) is 2. The fourth-order valence-corrected chi connectivity index (χ4v) is 6.20. The number of halogens is 3. The molecule has 3 heterocycles. The molecule has 234 valence electrons. The normalized spacial score (nSPS) is 22.1. The van der Waals surface area contributed by atoms with E-state index in [1.54, 1.807) is 42.5 Å². The Balaban J connectivity index is 1.24. The Bertz CT molecular complexity index is 1440. The Morgan fingerprint density at radius 3 is 2.41 bits per heavy atom. The topological polar surface area (TPSA) is 115 Å². The van der Waals surface area contributed by atoms with Crippen LogP contribution in [0.1, 0.15) is 53.9 Å². The number of rotatable bonds is 9. The molecule has 0 radical (unpaired) electrons. The highest BCUT2D eigenvalue weighted by Crippen LogP contribution is 2.39. The van der Waals surface area contributed by atoms with Crippen molar-refractivity contribution >= 4 is 23.6 Å². The Hall–Kier alpha value is -3.65. The highest BCUT2D eigenvalue weighted by molar-refractivity contribution is 7.99. The molecule has 2 saturated heterocycles. The first-order valence-corrected chi connectivity index (χ1v) is 15.2. The first-order valence-electron chi connectivity index (χ1n) is 14.2. The molecule has 0 bridgehead atoms. The molecule has 2 N–H and O–H groups in total. The molecule has 2 aromatic carbocycles. The first kappa shape index (κ1) is 31.8. The maximum atomic E-state index is 12.9. The van der Waals surface area contributed by atoms with Gasteiger partial charge in [0.2, 0.25) is 5.91 Å². The van der Waals surface area contributed by atoms with Crippen molar-refractivity contribution in [2.75, 3.05) is 12.3 Å². The number of nitrogens with one attached hydrogen (secondary N) is 1. The van der Waals surface area contributed by atoms with Crippen LogP contribution in [0, 0.1) is 5.21 Å². The van der Waals surface area contributed by atoms with E-state index in [-0.39, 0.29) is 38.3 Å². The molecule has 13 heteroatoms. The lowest BCUT2D eigenvalue weighted by Crippen LogP contribution is -2.50. The molecule has 0 aliphatic carbocycles. The minimum absolute atomic E-state index is 0.0690. The third kappa shape index (κ3) is 7.70. The van der Waals surface area contributed by atoms with Crippen LogP contribution in [-0.2, 0) is 32.2 Å². The minimum Gasteiger partial charge on any atom is -0.618 e. The molecule has 4 atom stereocenters. The second-order valence-corrected chi connectivity index (χ2v) is 11.7. The lowest BCUT2D eigenvalue weighted by Gasteiger charge is -2.36. The maximum Gasteiger partial charge on any atom is 0.471 e. The third-order valence-electron chi connectivity index (χ3n) is 7.60. The summed E-state index contributed by atoms with van der Waals surface area (Å²) >= 11 is 1.39. The quantitative estimate of drug-likeness (QED) is 0.205. The monoisotopic (exact) mass is 631 g/mol. The van der Waals surface area contributed by atoms with Gasteiger partial charge < -0.3 is 30.0 Å². The molecule has 0 spiro atoms. The lowest BCUT2D eigenvalue weighted by atomic mass is 10.0. The minimum atomic E-state index is -5.03. The third-order valence-corrected chi connectivity index (χ3v) is 8.75. The Morgan fingerprint density at radius 1 is 1.02 bits per heavy atom. The SMILES string of the molecule is O=C(NCc1ccc([C@@H]2O[C@H](CSc3cccc[n+]3[O-])C[C@H](c3ccc(CO)cc3)O2)cc1)[C@@H]1CCCN1C(=O)C(F)(F)F. The van der Waals surface area contributed by atoms with Crippen molar-refractivity contribution in [1.29, 1.82) is 0 Å². The molecule has 9 nitrogen and oxygen atoms in total. The Morgan fingerprint density at radius 2 is 1.73 bits per heavy atom. The van der Waals surface area contributed by atoms with Gasteiger partial charge in [-0.15, -0.1) is 0 Å². The summed E-state index contributed by atoms with van der Waals surface area (Å²) in [4.78, 5) is 25.0. The van der Waals surface area contributed by atoms with Gasteiger partial charge in [-0.3, -0.25) is 9.59 Å². The van der Waals surface area contributed by atoms with E-state index in [0.717, 1.165) is 21.4 Å². The van der Waals surface area contributed by atoms with Crippen molar-refractivity contribution in [3.63, 3.8) is 0 Å². The summed E-state index contributed by atoms with van der Waals surface area (Å²) < 4.78 is 52.2. The molecule has 2 aliphatic heterocycles. The zero-order valence-electron chi connectivity index (χ0n) is 23.6. The predicted octanol–water partition coefficient (Wildman–Crippen LogP) is 4.32. The van der Waals surface area contributed by atoms with Crippen molar-refractivity contribution in [1.82, 2.24) is 10.2 Å². The van der Waals surface area contributed by atoms with E-state index in [2.05, 4.69) is 5.32 Å². The molecule has 44 heavy (non-hydrogen) atoms. The van der Waals surface area contributed by atoms with Crippen LogP contribution >= 0.6 is 11.8 Å². The molecular weight excluding hydrogens is 599 g/mol. The first-order chi connectivity index (χ1) is 21.1. The Kier molecular flexibility index (Phi) is 10.1. The summed E-state index contributed by atoms with van der Waals surface area (Å²) in [6.07, 6.45) is -3.83. The Labute approximate surface area is 256 Å². The number of aromatic nitrogens is 1. The fourth-order valence-electron chi connectivity index (χ4n) is 5.27. The highest BCUT2D eigenvalue weighted by atomic mass is 32.2. The molecule has 1 aromatic heterocycles. The van der Waals surface area contributed by atoms with Crippen molar-refractivity contribution in [2.45, 2.75) is 68.2 Å². The van der Waals surface area contributed by atoms with Gasteiger partial charge in [0.05, 0.1) is 18.8 Å². The average Bonchev–Trinajstić information content (AvgIpc) is 3.53. The van der Waals surface area contributed by atoms with Crippen molar-refractivity contribution in [2.24, 2.45) is 0 Å². The van der Waals surface area contributed by atoms with Crippen LogP contribution in [0.15, 0.2) is 78.0 Å². The van der Waals surface area contributed by atoms with E-state index in [9.17, 15) is 33.1 Å². The molecule has 2 amide bonds. The van der Waals surface area contributed by atoms with Gasteiger partial charge in [0.15, 0.2) is 12.5 Å². The van der Waals surface area contributed by atoms with Crippen LogP contribution in [0.5, 0.6) is 0 Å². The van der Waals surface area contributed by atoms with Crippen LogP contribution in [-0.4, -0.2) is 52.4 Å².